The van der Waals surface area contributed by atoms with E-state index in [4.69, 9.17) is 22.1 Å². The lowest BCUT2D eigenvalue weighted by Gasteiger charge is -2.20. The Morgan fingerprint density at radius 2 is 1.97 bits per heavy atom. The third-order valence-electron chi connectivity index (χ3n) is 6.12. The van der Waals surface area contributed by atoms with Crippen LogP contribution in [0.1, 0.15) is 17.5 Å². The van der Waals surface area contributed by atoms with Crippen molar-refractivity contribution in [2.24, 2.45) is 0 Å². The van der Waals surface area contributed by atoms with Gasteiger partial charge in [0.2, 0.25) is 0 Å². The number of carbonyl (C=O) groups is 1. The van der Waals surface area contributed by atoms with Gasteiger partial charge in [0.15, 0.2) is 9.84 Å². The molecule has 0 aliphatic carbocycles. The number of nitrogens with zero attached hydrogens (tertiary/aromatic N) is 3. The number of ether oxygens (including phenoxy) is 1. The van der Waals surface area contributed by atoms with Crippen LogP contribution in [0.3, 0.4) is 0 Å². The molecule has 0 unspecified atom stereocenters. The van der Waals surface area contributed by atoms with Crippen molar-refractivity contribution >= 4 is 50.1 Å². The quantitative estimate of drug-likeness (QED) is 0.364. The zero-order valence-electron chi connectivity index (χ0n) is 19.2. The van der Waals surface area contributed by atoms with Crippen molar-refractivity contribution in [3.8, 4) is 22.7 Å². The Hall–Kier alpha value is -2.95. The van der Waals surface area contributed by atoms with Crippen LogP contribution >= 0.6 is 24.0 Å². The molecular weight excluding hydrogens is 502 g/mol. The lowest BCUT2D eigenvalue weighted by atomic mass is 10.0. The van der Waals surface area contributed by atoms with Crippen LogP contribution in [0.25, 0.3) is 23.0 Å². The van der Waals surface area contributed by atoms with Crippen molar-refractivity contribution in [3.05, 3.63) is 70.8 Å². The van der Waals surface area contributed by atoms with Gasteiger partial charge in [-0.3, -0.25) is 9.69 Å². The van der Waals surface area contributed by atoms with Crippen molar-refractivity contribution in [2.75, 3.05) is 18.6 Å². The smallest absolute Gasteiger partial charge is 0.266 e. The van der Waals surface area contributed by atoms with Gasteiger partial charge in [0, 0.05) is 17.3 Å². The number of thioether (sulfide) groups is 1. The summed E-state index contributed by atoms with van der Waals surface area (Å²) < 4.78 is 31.5. The summed E-state index contributed by atoms with van der Waals surface area (Å²) in [5.74, 6) is 0.560. The van der Waals surface area contributed by atoms with E-state index in [9.17, 15) is 13.2 Å². The average Bonchev–Trinajstić information content (AvgIpc) is 3.49. The normalized spacial score (nSPS) is 20.7. The van der Waals surface area contributed by atoms with Crippen LogP contribution in [0, 0.1) is 6.92 Å². The second-order valence-corrected chi connectivity index (χ2v) is 12.4. The maximum Gasteiger partial charge on any atom is 0.266 e. The van der Waals surface area contributed by atoms with Crippen LogP contribution in [-0.2, 0) is 14.6 Å². The van der Waals surface area contributed by atoms with E-state index in [0.29, 0.717) is 21.3 Å². The Morgan fingerprint density at radius 1 is 1.20 bits per heavy atom. The number of methoxy groups -OCH3 is 1. The number of amides is 1. The molecule has 1 atom stereocenters. The number of hydrogen-bond acceptors (Lipinski definition) is 7. The molecule has 10 heteroatoms. The number of aromatic nitrogens is 2. The van der Waals surface area contributed by atoms with E-state index < -0.39 is 15.9 Å². The molecule has 0 bridgehead atoms. The van der Waals surface area contributed by atoms with Crippen LogP contribution in [0.2, 0.25) is 0 Å². The molecule has 2 aliphatic heterocycles. The molecule has 0 saturated carbocycles. The van der Waals surface area contributed by atoms with E-state index in [0.717, 1.165) is 28.1 Å². The molecule has 1 amide bonds. The van der Waals surface area contributed by atoms with Crippen LogP contribution in [0.4, 0.5) is 0 Å². The molecule has 0 N–H and O–H groups in total. The summed E-state index contributed by atoms with van der Waals surface area (Å²) in [6, 6.07) is 15.2. The number of carbonyl (C=O) groups excluding carboxylic acids is 1. The Morgan fingerprint density at radius 3 is 2.63 bits per heavy atom. The number of hydrogen-bond donors (Lipinski definition) is 0. The summed E-state index contributed by atoms with van der Waals surface area (Å²) in [4.78, 5) is 15.2. The van der Waals surface area contributed by atoms with E-state index in [1.54, 1.807) is 17.9 Å². The fourth-order valence-corrected chi connectivity index (χ4v) is 7.46. The van der Waals surface area contributed by atoms with Crippen LogP contribution in [-0.4, -0.2) is 58.0 Å². The van der Waals surface area contributed by atoms with Crippen LogP contribution < -0.4 is 4.74 Å². The lowest BCUT2D eigenvalue weighted by Crippen LogP contribution is -2.39. The monoisotopic (exact) mass is 525 g/mol. The van der Waals surface area contributed by atoms with E-state index in [-0.39, 0.29) is 17.4 Å². The van der Waals surface area contributed by atoms with Crippen LogP contribution in [0.5, 0.6) is 5.75 Å². The SMILES string of the molecule is COc1ccc(-c2nn(-c3ccccc3)cc2/C=C2\SC(=S)N([C@@H]3CCS(=O)(=O)C3)C2=O)cc1C. The zero-order valence-corrected chi connectivity index (χ0v) is 21.6. The Bertz CT molecular complexity index is 1460. The van der Waals surface area contributed by atoms with Crippen molar-refractivity contribution in [1.82, 2.24) is 14.7 Å². The number of para-hydroxylation sites is 1. The Kier molecular flexibility index (Phi) is 6.29. The first-order chi connectivity index (χ1) is 16.8. The molecule has 180 valence electrons. The van der Waals surface area contributed by atoms with Crippen molar-refractivity contribution in [3.63, 3.8) is 0 Å². The summed E-state index contributed by atoms with van der Waals surface area (Å²) in [5, 5.41) is 4.83. The van der Waals surface area contributed by atoms with Crippen molar-refractivity contribution < 1.29 is 17.9 Å². The van der Waals surface area contributed by atoms with Crippen molar-refractivity contribution in [2.45, 2.75) is 19.4 Å². The predicted molar refractivity (Wildman–Crippen MR) is 142 cm³/mol. The summed E-state index contributed by atoms with van der Waals surface area (Å²) in [5.41, 5.74) is 4.23. The van der Waals surface area contributed by atoms with Gasteiger partial charge < -0.3 is 4.74 Å². The molecule has 2 aliphatic rings. The molecule has 1 aromatic heterocycles. The molecule has 2 saturated heterocycles. The molecular formula is C25H23N3O4S3. The third-order valence-corrected chi connectivity index (χ3v) is 9.20. The number of rotatable bonds is 5. The minimum absolute atomic E-state index is 0.0466. The molecule has 0 radical (unpaired) electrons. The van der Waals surface area contributed by atoms with Gasteiger partial charge in [-0.15, -0.1) is 0 Å². The standard InChI is InChI=1S/C25H23N3O4S3/c1-16-12-17(8-9-21(16)32-2)23-18(14-27(26-23)19-6-4-3-5-7-19)13-22-24(29)28(25(33)34-22)20-10-11-35(30,31)15-20/h3-9,12-14,20H,10-11,15H2,1-2H3/b22-13-/t20-/m1/s1. The van der Waals surface area contributed by atoms with Gasteiger partial charge in [0.25, 0.3) is 5.91 Å². The summed E-state index contributed by atoms with van der Waals surface area (Å²) in [6.45, 7) is 1.97. The molecule has 5 rings (SSSR count). The highest BCUT2D eigenvalue weighted by molar-refractivity contribution is 8.26. The maximum absolute atomic E-state index is 13.3. The molecule has 2 fully saturated rings. The van der Waals surface area contributed by atoms with Gasteiger partial charge in [-0.25, -0.2) is 13.1 Å². The molecule has 3 aromatic rings. The van der Waals surface area contributed by atoms with Gasteiger partial charge >= 0.3 is 0 Å². The van der Waals surface area contributed by atoms with E-state index in [2.05, 4.69) is 0 Å². The summed E-state index contributed by atoms with van der Waals surface area (Å²) in [7, 11) is -1.51. The highest BCUT2D eigenvalue weighted by Crippen LogP contribution is 2.38. The zero-order chi connectivity index (χ0) is 24.7. The number of sulfone groups is 1. The van der Waals surface area contributed by atoms with Gasteiger partial charge in [0.1, 0.15) is 15.8 Å². The highest BCUT2D eigenvalue weighted by atomic mass is 32.2. The second-order valence-electron chi connectivity index (χ2n) is 8.51. The van der Waals surface area contributed by atoms with Crippen LogP contribution in [0.15, 0.2) is 59.6 Å². The lowest BCUT2D eigenvalue weighted by molar-refractivity contribution is -0.123. The third kappa shape index (κ3) is 4.65. The molecule has 0 spiro atoms. The average molecular weight is 526 g/mol. The van der Waals surface area contributed by atoms with Gasteiger partial charge in [-0.05, 0) is 55.3 Å². The minimum Gasteiger partial charge on any atom is -0.496 e. The predicted octanol–water partition coefficient (Wildman–Crippen LogP) is 4.24. The molecule has 7 nitrogen and oxygen atoms in total. The number of aryl methyl sites for hydroxylation is 1. The first-order valence-electron chi connectivity index (χ1n) is 11.0. The van der Waals surface area contributed by atoms with E-state index in [1.165, 1.54) is 16.7 Å². The first kappa shape index (κ1) is 23.8. The molecule has 35 heavy (non-hydrogen) atoms. The van der Waals surface area contributed by atoms with Gasteiger partial charge in [0.05, 0.1) is 35.2 Å². The minimum atomic E-state index is -3.14. The summed E-state index contributed by atoms with van der Waals surface area (Å²) in [6.07, 6.45) is 4.09. The maximum atomic E-state index is 13.3. The fourth-order valence-electron chi connectivity index (χ4n) is 4.37. The number of benzene rings is 2. The fraction of sp³-hybridized carbons (Fsp3) is 0.240. The molecule has 3 heterocycles. The number of thiocarbonyl (C=S) groups is 1. The largest absolute Gasteiger partial charge is 0.496 e. The van der Waals surface area contributed by atoms with Gasteiger partial charge in [-0.2, -0.15) is 5.10 Å². The Balaban J connectivity index is 1.56. The van der Waals surface area contributed by atoms with E-state index in [1.807, 2.05) is 61.7 Å². The van der Waals surface area contributed by atoms with E-state index >= 15 is 0 Å². The van der Waals surface area contributed by atoms with Gasteiger partial charge in [-0.1, -0.05) is 42.2 Å². The first-order valence-corrected chi connectivity index (χ1v) is 14.1. The molecule has 2 aromatic carbocycles. The topological polar surface area (TPSA) is 81.5 Å². The van der Waals surface area contributed by atoms with Crippen molar-refractivity contribution in [1.29, 1.82) is 0 Å². The summed E-state index contributed by atoms with van der Waals surface area (Å²) >= 11 is 6.67. The highest BCUT2D eigenvalue weighted by Gasteiger charge is 2.42. The Labute approximate surface area is 213 Å². The second kappa shape index (κ2) is 9.25.